The molecular formula is C18H22O5. The Morgan fingerprint density at radius 2 is 1.52 bits per heavy atom. The number of benzene rings is 1. The van der Waals surface area contributed by atoms with E-state index in [9.17, 15) is 14.4 Å². The highest BCUT2D eigenvalue weighted by Crippen LogP contribution is 2.10. The van der Waals surface area contributed by atoms with E-state index < -0.39 is 0 Å². The van der Waals surface area contributed by atoms with Gasteiger partial charge in [-0.05, 0) is 19.4 Å². The van der Waals surface area contributed by atoms with Crippen molar-refractivity contribution in [2.24, 2.45) is 0 Å². The molecule has 5 nitrogen and oxygen atoms in total. The summed E-state index contributed by atoms with van der Waals surface area (Å²) in [7, 11) is 0. The van der Waals surface area contributed by atoms with Crippen LogP contribution in [0.1, 0.15) is 49.0 Å². The monoisotopic (exact) mass is 318 g/mol. The first-order chi connectivity index (χ1) is 11.1. The first-order valence-electron chi connectivity index (χ1n) is 7.67. The summed E-state index contributed by atoms with van der Waals surface area (Å²) in [6, 6.07) is 6.99. The van der Waals surface area contributed by atoms with E-state index in [-0.39, 0.29) is 37.0 Å². The molecule has 0 N–H and O–H groups in total. The summed E-state index contributed by atoms with van der Waals surface area (Å²) in [6.07, 6.45) is 3.96. The lowest BCUT2D eigenvalue weighted by Crippen LogP contribution is -2.07. The van der Waals surface area contributed by atoms with Crippen molar-refractivity contribution in [1.82, 2.24) is 0 Å². The molecule has 0 fully saturated rings. The van der Waals surface area contributed by atoms with Crippen LogP contribution in [0, 0.1) is 0 Å². The van der Waals surface area contributed by atoms with E-state index in [2.05, 4.69) is 0 Å². The van der Waals surface area contributed by atoms with Gasteiger partial charge in [0.2, 0.25) is 0 Å². The Kier molecular flexibility index (Phi) is 8.36. The maximum Gasteiger partial charge on any atom is 0.309 e. The summed E-state index contributed by atoms with van der Waals surface area (Å²) < 4.78 is 9.61. The van der Waals surface area contributed by atoms with Gasteiger partial charge in [-0.25, -0.2) is 0 Å². The van der Waals surface area contributed by atoms with Crippen molar-refractivity contribution in [3.8, 4) is 0 Å². The summed E-state index contributed by atoms with van der Waals surface area (Å²) in [5.74, 6) is -0.728. The highest BCUT2D eigenvalue weighted by atomic mass is 16.5. The van der Waals surface area contributed by atoms with Gasteiger partial charge in [-0.3, -0.25) is 14.4 Å². The van der Waals surface area contributed by atoms with E-state index in [1.165, 1.54) is 0 Å². The predicted molar refractivity (Wildman–Crippen MR) is 86.9 cm³/mol. The molecule has 0 radical (unpaired) electrons. The van der Waals surface area contributed by atoms with Gasteiger partial charge in [-0.1, -0.05) is 36.4 Å². The van der Waals surface area contributed by atoms with E-state index in [0.717, 1.165) is 5.56 Å². The second kappa shape index (κ2) is 10.3. The maximum atomic E-state index is 12.0. The van der Waals surface area contributed by atoms with Crippen molar-refractivity contribution < 1.29 is 23.9 Å². The fraction of sp³-hybridized carbons (Fsp3) is 0.389. The average Bonchev–Trinajstić information content (AvgIpc) is 2.54. The lowest BCUT2D eigenvalue weighted by atomic mass is 10.0. The third kappa shape index (κ3) is 7.40. The van der Waals surface area contributed by atoms with Crippen molar-refractivity contribution in [1.29, 1.82) is 0 Å². The molecule has 0 atom stereocenters. The van der Waals surface area contributed by atoms with Crippen LogP contribution in [0.5, 0.6) is 0 Å². The van der Waals surface area contributed by atoms with Gasteiger partial charge >= 0.3 is 11.9 Å². The number of rotatable bonds is 9. The van der Waals surface area contributed by atoms with Gasteiger partial charge in [-0.2, -0.15) is 0 Å². The zero-order valence-corrected chi connectivity index (χ0v) is 13.5. The van der Waals surface area contributed by atoms with Crippen molar-refractivity contribution >= 4 is 23.8 Å². The fourth-order valence-corrected chi connectivity index (χ4v) is 1.88. The maximum absolute atomic E-state index is 12.0. The standard InChI is InChI=1S/C18H22O5/c1-3-22-17(20)7-5-6-14-8-10-15(11-9-14)16(19)12-13-18(21)23-4-2/h5-6,8-11H,3-4,7,12-13H2,1-2H3. The van der Waals surface area contributed by atoms with Gasteiger partial charge in [0.1, 0.15) is 0 Å². The van der Waals surface area contributed by atoms with Crippen molar-refractivity contribution in [3.05, 3.63) is 41.5 Å². The fourth-order valence-electron chi connectivity index (χ4n) is 1.88. The molecule has 0 aliphatic carbocycles. The molecule has 0 spiro atoms. The number of ketones is 1. The Hall–Kier alpha value is -2.43. The molecule has 0 saturated heterocycles. The minimum absolute atomic E-state index is 0.0911. The number of Topliss-reactive ketones (excluding diaryl/α,β-unsaturated/α-hetero) is 1. The number of hydrogen-bond acceptors (Lipinski definition) is 5. The second-order valence-corrected chi connectivity index (χ2v) is 4.76. The van der Waals surface area contributed by atoms with E-state index in [4.69, 9.17) is 9.47 Å². The quantitative estimate of drug-likeness (QED) is 0.516. The molecule has 1 rings (SSSR count). The molecule has 1 aromatic carbocycles. The molecule has 0 heterocycles. The highest BCUT2D eigenvalue weighted by Gasteiger charge is 2.09. The van der Waals surface area contributed by atoms with Crippen molar-refractivity contribution in [3.63, 3.8) is 0 Å². The van der Waals surface area contributed by atoms with Crippen LogP contribution in [0.3, 0.4) is 0 Å². The van der Waals surface area contributed by atoms with Gasteiger partial charge in [-0.15, -0.1) is 0 Å². The second-order valence-electron chi connectivity index (χ2n) is 4.76. The van der Waals surface area contributed by atoms with Gasteiger partial charge in [0.05, 0.1) is 26.1 Å². The Morgan fingerprint density at radius 3 is 2.13 bits per heavy atom. The van der Waals surface area contributed by atoms with E-state index in [0.29, 0.717) is 18.8 Å². The Labute approximate surface area is 136 Å². The van der Waals surface area contributed by atoms with Crippen molar-refractivity contribution in [2.45, 2.75) is 33.1 Å². The molecule has 124 valence electrons. The topological polar surface area (TPSA) is 69.7 Å². The Balaban J connectivity index is 2.49. The smallest absolute Gasteiger partial charge is 0.309 e. The lowest BCUT2D eigenvalue weighted by molar-refractivity contribution is -0.143. The van der Waals surface area contributed by atoms with Gasteiger partial charge < -0.3 is 9.47 Å². The normalized spacial score (nSPS) is 10.5. The molecule has 0 aliphatic rings. The largest absolute Gasteiger partial charge is 0.466 e. The zero-order chi connectivity index (χ0) is 17.1. The summed E-state index contributed by atoms with van der Waals surface area (Å²) >= 11 is 0. The molecule has 0 saturated carbocycles. The first-order valence-corrected chi connectivity index (χ1v) is 7.67. The van der Waals surface area contributed by atoms with Crippen molar-refractivity contribution in [2.75, 3.05) is 13.2 Å². The highest BCUT2D eigenvalue weighted by molar-refractivity contribution is 5.97. The molecule has 0 aliphatic heterocycles. The van der Waals surface area contributed by atoms with Gasteiger partial charge in [0, 0.05) is 12.0 Å². The van der Waals surface area contributed by atoms with Crippen LogP contribution in [0.4, 0.5) is 0 Å². The molecule has 0 aromatic heterocycles. The SMILES string of the molecule is CCOC(=O)CC=Cc1ccc(C(=O)CCC(=O)OCC)cc1. The first kappa shape index (κ1) is 18.6. The molecule has 0 amide bonds. The summed E-state index contributed by atoms with van der Waals surface area (Å²) in [4.78, 5) is 34.4. The number of esters is 2. The minimum Gasteiger partial charge on any atom is -0.466 e. The third-order valence-electron chi connectivity index (χ3n) is 2.99. The molecule has 1 aromatic rings. The van der Waals surface area contributed by atoms with Crippen LogP contribution in [0.2, 0.25) is 0 Å². The number of carbonyl (C=O) groups excluding carboxylic acids is 3. The minimum atomic E-state index is -0.362. The summed E-state index contributed by atoms with van der Waals surface area (Å²) in [5.41, 5.74) is 1.44. The molecule has 5 heteroatoms. The summed E-state index contributed by atoms with van der Waals surface area (Å²) in [5, 5.41) is 0. The van der Waals surface area contributed by atoms with Gasteiger partial charge in [0.25, 0.3) is 0 Å². The average molecular weight is 318 g/mol. The lowest BCUT2D eigenvalue weighted by Gasteiger charge is -2.02. The predicted octanol–water partition coefficient (Wildman–Crippen LogP) is 3.18. The molecular weight excluding hydrogens is 296 g/mol. The Bertz CT molecular complexity index is 557. The van der Waals surface area contributed by atoms with Crippen LogP contribution >= 0.6 is 0 Å². The summed E-state index contributed by atoms with van der Waals surface area (Å²) in [6.45, 7) is 4.18. The third-order valence-corrected chi connectivity index (χ3v) is 2.99. The van der Waals surface area contributed by atoms with E-state index >= 15 is 0 Å². The molecule has 23 heavy (non-hydrogen) atoms. The number of carbonyl (C=O) groups is 3. The molecule has 0 bridgehead atoms. The van der Waals surface area contributed by atoms with Crippen LogP contribution < -0.4 is 0 Å². The number of hydrogen-bond donors (Lipinski definition) is 0. The van der Waals surface area contributed by atoms with E-state index in [1.54, 1.807) is 50.3 Å². The molecule has 0 unspecified atom stereocenters. The van der Waals surface area contributed by atoms with Crippen LogP contribution in [0.15, 0.2) is 30.3 Å². The zero-order valence-electron chi connectivity index (χ0n) is 13.5. The van der Waals surface area contributed by atoms with Gasteiger partial charge in [0.15, 0.2) is 5.78 Å². The number of ether oxygens (including phenoxy) is 2. The van der Waals surface area contributed by atoms with E-state index in [1.807, 2.05) is 0 Å². The Morgan fingerprint density at radius 1 is 0.913 bits per heavy atom. The van der Waals surface area contributed by atoms with Crippen LogP contribution in [0.25, 0.3) is 6.08 Å². The van der Waals surface area contributed by atoms with Crippen LogP contribution in [-0.4, -0.2) is 30.9 Å². The van der Waals surface area contributed by atoms with Crippen LogP contribution in [-0.2, 0) is 19.1 Å².